The Balaban J connectivity index is 1.44. The number of hydrogen-bond acceptors (Lipinski definition) is 3. The van der Waals surface area contributed by atoms with Gasteiger partial charge < -0.3 is 15.2 Å². The average molecular weight is 439 g/mol. The lowest BCUT2D eigenvalue weighted by Crippen LogP contribution is -2.28. The molecule has 0 fully saturated rings. The van der Waals surface area contributed by atoms with Gasteiger partial charge in [-0.1, -0.05) is 54.6 Å². The Bertz CT molecular complexity index is 1250. The van der Waals surface area contributed by atoms with E-state index in [0.717, 1.165) is 17.0 Å². The van der Waals surface area contributed by atoms with Gasteiger partial charge in [-0.15, -0.1) is 0 Å². The standard InChI is InChI=1S/C27H26N4O2/c1-19(22-8-4-3-5-9-22)29-27(33)24-10-6-7-11-25(24)30-26(32)23-14-12-21(13-15-23)18-31-17-16-28-20(31)2/h3-17,19H,18H2,1-2H3,(H,29,33)(H,30,32)/t19-/m0/s1. The summed E-state index contributed by atoms with van der Waals surface area (Å²) >= 11 is 0. The Labute approximate surface area is 193 Å². The van der Waals surface area contributed by atoms with E-state index in [-0.39, 0.29) is 17.9 Å². The van der Waals surface area contributed by atoms with Gasteiger partial charge in [0.05, 0.1) is 17.3 Å². The van der Waals surface area contributed by atoms with Gasteiger partial charge in [-0.3, -0.25) is 9.59 Å². The number of hydrogen-bond donors (Lipinski definition) is 2. The van der Waals surface area contributed by atoms with Gasteiger partial charge in [0.2, 0.25) is 0 Å². The maximum absolute atomic E-state index is 12.9. The highest BCUT2D eigenvalue weighted by atomic mass is 16.2. The number of carbonyl (C=O) groups excluding carboxylic acids is 2. The van der Waals surface area contributed by atoms with E-state index in [4.69, 9.17) is 0 Å². The molecule has 1 heterocycles. The van der Waals surface area contributed by atoms with Crippen molar-refractivity contribution in [3.05, 3.63) is 119 Å². The number of amides is 2. The summed E-state index contributed by atoms with van der Waals surface area (Å²) in [4.78, 5) is 30.0. The van der Waals surface area contributed by atoms with E-state index in [1.165, 1.54) is 0 Å². The molecule has 0 unspecified atom stereocenters. The molecule has 0 saturated carbocycles. The molecule has 2 amide bonds. The first kappa shape index (κ1) is 22.0. The van der Waals surface area contributed by atoms with Crippen molar-refractivity contribution in [3.8, 4) is 0 Å². The van der Waals surface area contributed by atoms with Crippen LogP contribution in [0.15, 0.2) is 91.3 Å². The number of nitrogens with one attached hydrogen (secondary N) is 2. The molecule has 0 spiro atoms. The molecule has 33 heavy (non-hydrogen) atoms. The second-order valence-corrected chi connectivity index (χ2v) is 7.90. The molecule has 0 aliphatic heterocycles. The summed E-state index contributed by atoms with van der Waals surface area (Å²) in [6, 6.07) is 24.0. The van der Waals surface area contributed by atoms with Crippen LogP contribution in [0.25, 0.3) is 0 Å². The number of imidazole rings is 1. The Morgan fingerprint density at radius 2 is 1.61 bits per heavy atom. The number of anilines is 1. The van der Waals surface area contributed by atoms with Crippen LogP contribution in [-0.2, 0) is 6.54 Å². The molecule has 0 saturated heterocycles. The molecule has 6 heteroatoms. The van der Waals surface area contributed by atoms with Crippen molar-refractivity contribution in [2.24, 2.45) is 0 Å². The highest BCUT2D eigenvalue weighted by Crippen LogP contribution is 2.19. The summed E-state index contributed by atoms with van der Waals surface area (Å²) in [5.74, 6) is 0.429. The molecular formula is C27H26N4O2. The average Bonchev–Trinajstić information content (AvgIpc) is 3.24. The van der Waals surface area contributed by atoms with Gasteiger partial charge in [0.1, 0.15) is 5.82 Å². The van der Waals surface area contributed by atoms with Gasteiger partial charge >= 0.3 is 0 Å². The molecule has 1 aromatic heterocycles. The predicted octanol–water partition coefficient (Wildman–Crippen LogP) is 4.98. The highest BCUT2D eigenvalue weighted by molar-refractivity contribution is 6.09. The van der Waals surface area contributed by atoms with Gasteiger partial charge in [0, 0.05) is 24.5 Å². The van der Waals surface area contributed by atoms with E-state index >= 15 is 0 Å². The van der Waals surface area contributed by atoms with E-state index in [1.807, 2.05) is 67.1 Å². The number of aromatic nitrogens is 2. The van der Waals surface area contributed by atoms with Crippen LogP contribution in [0.4, 0.5) is 5.69 Å². The Morgan fingerprint density at radius 1 is 0.909 bits per heavy atom. The predicted molar refractivity (Wildman–Crippen MR) is 129 cm³/mol. The van der Waals surface area contributed by atoms with Crippen molar-refractivity contribution in [1.29, 1.82) is 0 Å². The third-order valence-electron chi connectivity index (χ3n) is 5.56. The van der Waals surface area contributed by atoms with Crippen LogP contribution in [0.5, 0.6) is 0 Å². The minimum Gasteiger partial charge on any atom is -0.345 e. The number of para-hydroxylation sites is 1. The maximum Gasteiger partial charge on any atom is 0.255 e. The van der Waals surface area contributed by atoms with E-state index in [0.29, 0.717) is 23.4 Å². The Hall–Kier alpha value is -4.19. The lowest BCUT2D eigenvalue weighted by molar-refractivity contribution is 0.0940. The molecule has 0 aliphatic rings. The van der Waals surface area contributed by atoms with Crippen molar-refractivity contribution < 1.29 is 9.59 Å². The van der Waals surface area contributed by atoms with Crippen molar-refractivity contribution >= 4 is 17.5 Å². The summed E-state index contributed by atoms with van der Waals surface area (Å²) in [7, 11) is 0. The molecule has 4 aromatic rings. The van der Waals surface area contributed by atoms with Crippen LogP contribution < -0.4 is 10.6 Å². The molecule has 166 valence electrons. The van der Waals surface area contributed by atoms with Crippen molar-refractivity contribution in [1.82, 2.24) is 14.9 Å². The zero-order valence-electron chi connectivity index (χ0n) is 18.7. The van der Waals surface area contributed by atoms with Crippen molar-refractivity contribution in [2.75, 3.05) is 5.32 Å². The first-order valence-electron chi connectivity index (χ1n) is 10.8. The zero-order valence-corrected chi connectivity index (χ0v) is 18.7. The molecule has 0 bridgehead atoms. The minimum atomic E-state index is -0.267. The molecule has 0 radical (unpaired) electrons. The third kappa shape index (κ3) is 5.36. The number of carbonyl (C=O) groups is 2. The Morgan fingerprint density at radius 3 is 2.30 bits per heavy atom. The normalized spacial score (nSPS) is 11.6. The molecular weight excluding hydrogens is 412 g/mol. The fraction of sp³-hybridized carbons (Fsp3) is 0.148. The van der Waals surface area contributed by atoms with Crippen LogP contribution >= 0.6 is 0 Å². The SMILES string of the molecule is Cc1nccn1Cc1ccc(C(=O)Nc2ccccc2C(=O)N[C@@H](C)c2ccccc2)cc1. The topological polar surface area (TPSA) is 76.0 Å². The van der Waals surface area contributed by atoms with Crippen molar-refractivity contribution in [3.63, 3.8) is 0 Å². The fourth-order valence-electron chi connectivity index (χ4n) is 3.61. The Kier molecular flexibility index (Phi) is 6.64. The third-order valence-corrected chi connectivity index (χ3v) is 5.56. The number of benzene rings is 3. The van der Waals surface area contributed by atoms with Crippen LogP contribution in [0.3, 0.4) is 0 Å². The van der Waals surface area contributed by atoms with Crippen LogP contribution in [0.1, 0.15) is 50.6 Å². The number of rotatable bonds is 7. The number of aryl methyl sites for hydroxylation is 1. The fourth-order valence-corrected chi connectivity index (χ4v) is 3.61. The summed E-state index contributed by atoms with van der Waals surface area (Å²) < 4.78 is 2.04. The minimum absolute atomic E-state index is 0.158. The van der Waals surface area contributed by atoms with Crippen LogP contribution in [0.2, 0.25) is 0 Å². The second-order valence-electron chi connectivity index (χ2n) is 7.90. The van der Waals surface area contributed by atoms with Gasteiger partial charge in [0.15, 0.2) is 0 Å². The van der Waals surface area contributed by atoms with E-state index in [9.17, 15) is 9.59 Å². The maximum atomic E-state index is 12.9. The van der Waals surface area contributed by atoms with Gasteiger partial charge in [-0.2, -0.15) is 0 Å². The molecule has 2 N–H and O–H groups in total. The lowest BCUT2D eigenvalue weighted by atomic mass is 10.1. The number of nitrogens with zero attached hydrogens (tertiary/aromatic N) is 2. The van der Waals surface area contributed by atoms with E-state index < -0.39 is 0 Å². The molecule has 0 aliphatic carbocycles. The summed E-state index contributed by atoms with van der Waals surface area (Å²) in [6.07, 6.45) is 3.70. The van der Waals surface area contributed by atoms with Crippen LogP contribution in [0, 0.1) is 6.92 Å². The monoisotopic (exact) mass is 438 g/mol. The summed E-state index contributed by atoms with van der Waals surface area (Å²) in [5.41, 5.74) is 3.49. The van der Waals surface area contributed by atoms with Gasteiger partial charge in [-0.05, 0) is 49.2 Å². The van der Waals surface area contributed by atoms with Gasteiger partial charge in [0.25, 0.3) is 11.8 Å². The molecule has 6 nitrogen and oxygen atoms in total. The largest absolute Gasteiger partial charge is 0.345 e. The smallest absolute Gasteiger partial charge is 0.255 e. The van der Waals surface area contributed by atoms with E-state index in [1.54, 1.807) is 42.6 Å². The molecule has 4 rings (SSSR count). The quantitative estimate of drug-likeness (QED) is 0.427. The van der Waals surface area contributed by atoms with Crippen molar-refractivity contribution in [2.45, 2.75) is 26.4 Å². The highest BCUT2D eigenvalue weighted by Gasteiger charge is 2.16. The lowest BCUT2D eigenvalue weighted by Gasteiger charge is -2.16. The first-order chi connectivity index (χ1) is 16.0. The first-order valence-corrected chi connectivity index (χ1v) is 10.8. The van der Waals surface area contributed by atoms with Gasteiger partial charge in [-0.25, -0.2) is 4.98 Å². The zero-order chi connectivity index (χ0) is 23.2. The molecule has 1 atom stereocenters. The second kappa shape index (κ2) is 9.96. The summed E-state index contributed by atoms with van der Waals surface area (Å²) in [5, 5.41) is 5.88. The molecule has 3 aromatic carbocycles. The van der Waals surface area contributed by atoms with Crippen LogP contribution in [-0.4, -0.2) is 21.4 Å². The summed E-state index contributed by atoms with van der Waals surface area (Å²) in [6.45, 7) is 4.58. The van der Waals surface area contributed by atoms with E-state index in [2.05, 4.69) is 15.6 Å².